The van der Waals surface area contributed by atoms with Crippen LogP contribution in [0.2, 0.25) is 0 Å². The molecular formula is C15H24N4O3. The highest BCUT2D eigenvalue weighted by Gasteiger charge is 2.32. The monoisotopic (exact) mass is 308 g/mol. The van der Waals surface area contributed by atoms with Gasteiger partial charge >= 0.3 is 0 Å². The average molecular weight is 308 g/mol. The Morgan fingerprint density at radius 3 is 2.77 bits per heavy atom. The van der Waals surface area contributed by atoms with Crippen molar-refractivity contribution in [2.24, 2.45) is 0 Å². The first-order chi connectivity index (χ1) is 10.6. The minimum absolute atomic E-state index is 0.107. The lowest BCUT2D eigenvalue weighted by atomic mass is 9.96. The SMILES string of the molecule is Cc1noc([C@@H]2CCCN([C@@H](C)C(=O)N3CCOCC3)C2)n1. The molecule has 2 aliphatic rings. The summed E-state index contributed by atoms with van der Waals surface area (Å²) in [6, 6.07) is -0.107. The lowest BCUT2D eigenvalue weighted by Gasteiger charge is -2.38. The normalized spacial score (nSPS) is 25.2. The van der Waals surface area contributed by atoms with Gasteiger partial charge in [-0.05, 0) is 33.2 Å². The Bertz CT molecular complexity index is 513. The van der Waals surface area contributed by atoms with Gasteiger partial charge in [-0.3, -0.25) is 9.69 Å². The number of aromatic nitrogens is 2. The number of morpholine rings is 1. The van der Waals surface area contributed by atoms with Crippen molar-refractivity contribution < 1.29 is 14.1 Å². The van der Waals surface area contributed by atoms with Gasteiger partial charge in [-0.1, -0.05) is 5.16 Å². The van der Waals surface area contributed by atoms with Gasteiger partial charge in [0.25, 0.3) is 0 Å². The summed E-state index contributed by atoms with van der Waals surface area (Å²) >= 11 is 0. The van der Waals surface area contributed by atoms with Crippen LogP contribution in [0.1, 0.15) is 37.4 Å². The first-order valence-corrected chi connectivity index (χ1v) is 8.06. The molecule has 2 atom stereocenters. The molecule has 7 nitrogen and oxygen atoms in total. The van der Waals surface area contributed by atoms with Gasteiger partial charge in [0, 0.05) is 19.6 Å². The number of piperidine rings is 1. The second-order valence-corrected chi connectivity index (χ2v) is 6.13. The van der Waals surface area contributed by atoms with Gasteiger partial charge in [0.1, 0.15) is 0 Å². The number of carbonyl (C=O) groups excluding carboxylic acids is 1. The van der Waals surface area contributed by atoms with E-state index in [0.29, 0.717) is 38.0 Å². The zero-order valence-electron chi connectivity index (χ0n) is 13.3. The fourth-order valence-corrected chi connectivity index (χ4v) is 3.24. The van der Waals surface area contributed by atoms with Crippen molar-refractivity contribution in [2.45, 2.75) is 38.6 Å². The number of hydrogen-bond donors (Lipinski definition) is 0. The molecule has 1 amide bonds. The Balaban J connectivity index is 1.62. The van der Waals surface area contributed by atoms with Crippen LogP contribution in [0.15, 0.2) is 4.52 Å². The van der Waals surface area contributed by atoms with E-state index in [9.17, 15) is 4.79 Å². The fraction of sp³-hybridized carbons (Fsp3) is 0.800. The predicted molar refractivity (Wildman–Crippen MR) is 79.4 cm³/mol. The van der Waals surface area contributed by atoms with Gasteiger partial charge in [-0.15, -0.1) is 0 Å². The minimum atomic E-state index is -0.107. The summed E-state index contributed by atoms with van der Waals surface area (Å²) in [5.74, 6) is 1.80. The highest BCUT2D eigenvalue weighted by atomic mass is 16.5. The number of amides is 1. The number of rotatable bonds is 3. The third-order valence-corrected chi connectivity index (χ3v) is 4.57. The third kappa shape index (κ3) is 3.30. The summed E-state index contributed by atoms with van der Waals surface area (Å²) in [7, 11) is 0. The van der Waals surface area contributed by atoms with E-state index in [1.807, 2.05) is 18.7 Å². The van der Waals surface area contributed by atoms with Crippen LogP contribution < -0.4 is 0 Å². The maximum atomic E-state index is 12.6. The first-order valence-electron chi connectivity index (χ1n) is 8.06. The number of ether oxygens (including phenoxy) is 1. The molecule has 2 aliphatic heterocycles. The summed E-state index contributed by atoms with van der Waals surface area (Å²) in [6.45, 7) is 8.26. The summed E-state index contributed by atoms with van der Waals surface area (Å²) in [5, 5.41) is 3.88. The van der Waals surface area contributed by atoms with Gasteiger partial charge in [0.05, 0.1) is 25.2 Å². The fourth-order valence-electron chi connectivity index (χ4n) is 3.24. The lowest BCUT2D eigenvalue weighted by Crippen LogP contribution is -2.52. The molecule has 2 fully saturated rings. The number of nitrogens with zero attached hydrogens (tertiary/aromatic N) is 4. The summed E-state index contributed by atoms with van der Waals surface area (Å²) in [5.41, 5.74) is 0. The molecule has 3 rings (SSSR count). The lowest BCUT2D eigenvalue weighted by molar-refractivity contribution is -0.141. The Labute approximate surface area is 130 Å². The average Bonchev–Trinajstić information content (AvgIpc) is 3.01. The van der Waals surface area contributed by atoms with Crippen molar-refractivity contribution in [3.63, 3.8) is 0 Å². The van der Waals surface area contributed by atoms with Crippen molar-refractivity contribution >= 4 is 5.91 Å². The molecule has 22 heavy (non-hydrogen) atoms. The van der Waals surface area contributed by atoms with Gasteiger partial charge in [0.2, 0.25) is 11.8 Å². The van der Waals surface area contributed by atoms with Gasteiger partial charge < -0.3 is 14.2 Å². The van der Waals surface area contributed by atoms with Crippen LogP contribution in [0.5, 0.6) is 0 Å². The molecule has 7 heteroatoms. The van der Waals surface area contributed by atoms with E-state index in [2.05, 4.69) is 15.0 Å². The van der Waals surface area contributed by atoms with E-state index in [-0.39, 0.29) is 17.9 Å². The van der Waals surface area contributed by atoms with Crippen LogP contribution >= 0.6 is 0 Å². The summed E-state index contributed by atoms with van der Waals surface area (Å²) < 4.78 is 10.6. The van der Waals surface area contributed by atoms with Crippen molar-refractivity contribution in [1.29, 1.82) is 0 Å². The molecule has 0 spiro atoms. The van der Waals surface area contributed by atoms with E-state index in [4.69, 9.17) is 9.26 Å². The number of aryl methyl sites for hydroxylation is 1. The van der Waals surface area contributed by atoms with Crippen LogP contribution in [0.3, 0.4) is 0 Å². The summed E-state index contributed by atoms with van der Waals surface area (Å²) in [6.07, 6.45) is 2.09. The van der Waals surface area contributed by atoms with Crippen molar-refractivity contribution in [3.05, 3.63) is 11.7 Å². The molecule has 1 aromatic heterocycles. The topological polar surface area (TPSA) is 71.7 Å². The minimum Gasteiger partial charge on any atom is -0.378 e. The molecule has 0 saturated carbocycles. The van der Waals surface area contributed by atoms with Crippen molar-refractivity contribution in [1.82, 2.24) is 19.9 Å². The predicted octanol–water partition coefficient (Wildman–Crippen LogP) is 0.805. The van der Waals surface area contributed by atoms with Crippen LogP contribution in [-0.2, 0) is 9.53 Å². The zero-order chi connectivity index (χ0) is 15.5. The Morgan fingerprint density at radius 1 is 1.32 bits per heavy atom. The Morgan fingerprint density at radius 2 is 2.09 bits per heavy atom. The van der Waals surface area contributed by atoms with Crippen LogP contribution in [0.4, 0.5) is 0 Å². The maximum absolute atomic E-state index is 12.6. The molecule has 1 aromatic rings. The second-order valence-electron chi connectivity index (χ2n) is 6.13. The first kappa shape index (κ1) is 15.4. The standard InChI is InChI=1S/C15H24N4O3/c1-11(15(20)18-6-8-21-9-7-18)19-5-3-4-13(10-19)14-16-12(2)17-22-14/h11,13H,3-10H2,1-2H3/t11-,13+/m0/s1. The van der Waals surface area contributed by atoms with E-state index in [1.54, 1.807) is 0 Å². The number of likely N-dealkylation sites (tertiary alicyclic amines) is 1. The van der Waals surface area contributed by atoms with Gasteiger partial charge in [-0.25, -0.2) is 0 Å². The Kier molecular flexibility index (Phi) is 4.73. The molecule has 3 heterocycles. The van der Waals surface area contributed by atoms with Crippen LogP contribution in [0, 0.1) is 6.92 Å². The van der Waals surface area contributed by atoms with E-state index < -0.39 is 0 Å². The quantitative estimate of drug-likeness (QED) is 0.823. The van der Waals surface area contributed by atoms with Crippen LogP contribution in [-0.4, -0.2) is 71.3 Å². The molecular weight excluding hydrogens is 284 g/mol. The molecule has 0 radical (unpaired) electrons. The third-order valence-electron chi connectivity index (χ3n) is 4.57. The maximum Gasteiger partial charge on any atom is 0.239 e. The number of hydrogen-bond acceptors (Lipinski definition) is 6. The van der Waals surface area contributed by atoms with Gasteiger partial charge in [-0.2, -0.15) is 4.98 Å². The van der Waals surface area contributed by atoms with Crippen LogP contribution in [0.25, 0.3) is 0 Å². The van der Waals surface area contributed by atoms with Crippen molar-refractivity contribution in [3.8, 4) is 0 Å². The van der Waals surface area contributed by atoms with E-state index in [0.717, 1.165) is 25.9 Å². The molecule has 0 aromatic carbocycles. The molecule has 0 unspecified atom stereocenters. The molecule has 122 valence electrons. The molecule has 0 bridgehead atoms. The number of carbonyl (C=O) groups is 1. The second kappa shape index (κ2) is 6.75. The molecule has 0 aliphatic carbocycles. The Hall–Kier alpha value is -1.47. The zero-order valence-corrected chi connectivity index (χ0v) is 13.3. The highest BCUT2D eigenvalue weighted by molar-refractivity contribution is 5.81. The summed E-state index contributed by atoms with van der Waals surface area (Å²) in [4.78, 5) is 21.1. The van der Waals surface area contributed by atoms with E-state index in [1.165, 1.54) is 0 Å². The molecule has 2 saturated heterocycles. The van der Waals surface area contributed by atoms with Crippen molar-refractivity contribution in [2.75, 3.05) is 39.4 Å². The highest BCUT2D eigenvalue weighted by Crippen LogP contribution is 2.27. The molecule has 0 N–H and O–H groups in total. The largest absolute Gasteiger partial charge is 0.378 e. The van der Waals surface area contributed by atoms with E-state index >= 15 is 0 Å². The smallest absolute Gasteiger partial charge is 0.239 e. The van der Waals surface area contributed by atoms with Gasteiger partial charge in [0.15, 0.2) is 5.82 Å².